The number of aliphatic hydroxyl groups is 1. The number of carbonyl (C=O) groups is 4. The van der Waals surface area contributed by atoms with Crippen LogP contribution in [0.15, 0.2) is 134 Å². The Morgan fingerprint density at radius 3 is 0.798 bits per heavy atom. The minimum absolute atomic E-state index is 0.0598. The Kier molecular flexibility index (Phi) is 72.9. The summed E-state index contributed by atoms with van der Waals surface area (Å²) in [4.78, 5) is 73.1. The Morgan fingerprint density at radius 1 is 0.279 bits per heavy atom. The van der Waals surface area contributed by atoms with E-state index in [1.807, 2.05) is 0 Å². The lowest BCUT2D eigenvalue weighted by Gasteiger charge is -2.21. The molecule has 0 heterocycles. The number of hydrogen-bond donors (Lipinski definition) is 3. The molecule has 0 spiro atoms. The molecule has 0 aromatic heterocycles. The highest BCUT2D eigenvalue weighted by Crippen LogP contribution is 2.45. The van der Waals surface area contributed by atoms with Crippen molar-refractivity contribution in [1.29, 1.82) is 0 Å². The predicted octanol–water partition coefficient (Wildman–Crippen LogP) is 23.7. The maximum absolute atomic E-state index is 13.1. The molecule has 0 aliphatic rings. The molecule has 0 amide bonds. The molecule has 0 rings (SSSR count). The minimum atomic E-state index is -4.99. The zero-order valence-electron chi connectivity index (χ0n) is 65.2. The average Bonchev–Trinajstić information content (AvgIpc) is 0.911. The fourth-order valence-electron chi connectivity index (χ4n) is 10.5. The van der Waals surface area contributed by atoms with Gasteiger partial charge in [0, 0.05) is 25.7 Å². The normalized spacial score (nSPS) is 14.6. The van der Waals surface area contributed by atoms with Gasteiger partial charge in [-0.25, -0.2) is 9.13 Å². The summed E-state index contributed by atoms with van der Waals surface area (Å²) in [6, 6.07) is 0. The molecular formula is C85H144O17P2. The largest absolute Gasteiger partial charge is 0.472 e. The summed E-state index contributed by atoms with van der Waals surface area (Å²) in [5, 5.41) is 10.6. The molecule has 104 heavy (non-hydrogen) atoms. The van der Waals surface area contributed by atoms with Gasteiger partial charge in [-0.1, -0.05) is 271 Å². The van der Waals surface area contributed by atoms with Crippen molar-refractivity contribution in [3.05, 3.63) is 134 Å². The van der Waals surface area contributed by atoms with Crippen LogP contribution in [0.25, 0.3) is 0 Å². The Hall–Kier alpha value is -4.80. The summed E-state index contributed by atoms with van der Waals surface area (Å²) in [6.45, 7) is 4.55. The molecule has 0 aliphatic carbocycles. The monoisotopic (exact) mass is 1500 g/mol. The molecular weight excluding hydrogens is 1350 g/mol. The topological polar surface area (TPSA) is 237 Å². The summed E-state index contributed by atoms with van der Waals surface area (Å²) in [5.74, 6) is -2.24. The van der Waals surface area contributed by atoms with Crippen LogP contribution < -0.4 is 0 Å². The zero-order valence-corrected chi connectivity index (χ0v) is 66.9. The van der Waals surface area contributed by atoms with Crippen LogP contribution in [0.2, 0.25) is 0 Å². The maximum atomic E-state index is 13.1. The van der Waals surface area contributed by atoms with Gasteiger partial charge >= 0.3 is 39.5 Å². The van der Waals surface area contributed by atoms with E-state index in [0.717, 1.165) is 199 Å². The molecule has 0 radical (unpaired) electrons. The van der Waals surface area contributed by atoms with E-state index in [0.29, 0.717) is 25.7 Å². The summed E-state index contributed by atoms with van der Waals surface area (Å²) in [5.41, 5.74) is 0. The first-order valence-corrected chi connectivity index (χ1v) is 43.4. The lowest BCUT2D eigenvalue weighted by atomic mass is 10.1. The van der Waals surface area contributed by atoms with Gasteiger partial charge in [-0.05, 0) is 161 Å². The second kappa shape index (κ2) is 76.4. The molecule has 596 valence electrons. The average molecular weight is 1500 g/mol. The maximum Gasteiger partial charge on any atom is 0.472 e. The van der Waals surface area contributed by atoms with Crippen LogP contribution in [0.1, 0.15) is 323 Å². The first-order valence-electron chi connectivity index (χ1n) is 40.4. The molecule has 0 fully saturated rings. The number of hydrogen-bond acceptors (Lipinski definition) is 15. The van der Waals surface area contributed by atoms with E-state index < -0.39 is 97.5 Å². The number of ether oxygens (including phenoxy) is 4. The van der Waals surface area contributed by atoms with E-state index in [1.165, 1.54) is 44.9 Å². The number of esters is 4. The third-order valence-corrected chi connectivity index (χ3v) is 18.5. The van der Waals surface area contributed by atoms with Gasteiger partial charge in [0.15, 0.2) is 12.2 Å². The molecule has 17 nitrogen and oxygen atoms in total. The molecule has 0 aliphatic heterocycles. The van der Waals surface area contributed by atoms with E-state index >= 15 is 0 Å². The molecule has 5 atom stereocenters. The van der Waals surface area contributed by atoms with Crippen molar-refractivity contribution in [1.82, 2.24) is 0 Å². The van der Waals surface area contributed by atoms with Crippen LogP contribution in [0.3, 0.4) is 0 Å². The van der Waals surface area contributed by atoms with Crippen LogP contribution in [0, 0.1) is 0 Å². The van der Waals surface area contributed by atoms with Gasteiger partial charge in [-0.2, -0.15) is 0 Å². The first-order chi connectivity index (χ1) is 50.7. The van der Waals surface area contributed by atoms with Gasteiger partial charge in [0.2, 0.25) is 0 Å². The lowest BCUT2D eigenvalue weighted by Crippen LogP contribution is -2.30. The number of allylic oxidation sites excluding steroid dienone is 22. The fraction of sp³-hybridized carbons (Fsp3) is 0.694. The van der Waals surface area contributed by atoms with Crippen molar-refractivity contribution in [3.63, 3.8) is 0 Å². The van der Waals surface area contributed by atoms with Crippen LogP contribution in [-0.4, -0.2) is 96.7 Å². The van der Waals surface area contributed by atoms with Crippen molar-refractivity contribution in [3.8, 4) is 0 Å². The third kappa shape index (κ3) is 75.4. The van der Waals surface area contributed by atoms with E-state index in [2.05, 4.69) is 161 Å². The number of phosphoric ester groups is 2. The highest BCUT2D eigenvalue weighted by atomic mass is 31.2. The quantitative estimate of drug-likeness (QED) is 0.0169. The lowest BCUT2D eigenvalue weighted by molar-refractivity contribution is -0.161. The van der Waals surface area contributed by atoms with Gasteiger partial charge in [0.25, 0.3) is 0 Å². The van der Waals surface area contributed by atoms with Crippen LogP contribution >= 0.6 is 15.6 Å². The zero-order chi connectivity index (χ0) is 76.0. The van der Waals surface area contributed by atoms with Crippen molar-refractivity contribution >= 4 is 39.5 Å². The number of unbranched alkanes of at least 4 members (excludes halogenated alkanes) is 27. The van der Waals surface area contributed by atoms with Gasteiger partial charge in [-0.15, -0.1) is 0 Å². The van der Waals surface area contributed by atoms with Crippen LogP contribution in [0.5, 0.6) is 0 Å². The van der Waals surface area contributed by atoms with Crippen molar-refractivity contribution < 1.29 is 80.2 Å². The van der Waals surface area contributed by atoms with Gasteiger partial charge in [0.1, 0.15) is 19.3 Å². The molecule has 5 unspecified atom stereocenters. The number of phosphoric acid groups is 2. The standard InChI is InChI=1S/C85H144O17P2/c1-5-9-13-17-21-25-29-33-36-38-39-41-43-47-50-54-58-62-66-70-83(88)96-76-81(102-85(90)72-68-64-60-56-52-48-44-40-37-34-30-26-22-18-14-10-6-2)78-100-104(93,94)98-74-79(86)73-97-103(91,92)99-77-80(101-84(89)71-67-63-59-55-51-45-32-28-24-20-16-12-8-4)75-95-82(87)69-65-61-57-53-49-46-42-35-31-27-23-19-15-11-7-3/h9-10,13-14,21-23,25-28,32-37,39,41-42,44,48,79-81,86H,5-8,11-12,15-20,24,29-31,38,40,43,45-47,49-78H2,1-4H3,(H,91,92)(H,93,94)/b13-9-,14-10-,25-21-,26-22-,27-23-,32-28-,36-33-,37-34-,41-39-,42-35-,48-44-. The minimum Gasteiger partial charge on any atom is -0.462 e. The molecule has 0 aromatic carbocycles. The second-order valence-electron chi connectivity index (χ2n) is 26.6. The second-order valence-corrected chi connectivity index (χ2v) is 29.5. The van der Waals surface area contributed by atoms with Crippen molar-refractivity contribution in [2.75, 3.05) is 39.6 Å². The van der Waals surface area contributed by atoms with Crippen molar-refractivity contribution in [2.45, 2.75) is 341 Å². The Morgan fingerprint density at radius 2 is 0.500 bits per heavy atom. The van der Waals surface area contributed by atoms with Crippen LogP contribution in [0.4, 0.5) is 0 Å². The number of aliphatic hydroxyl groups excluding tert-OH is 1. The predicted molar refractivity (Wildman–Crippen MR) is 427 cm³/mol. The Balaban J connectivity index is 5.41. The van der Waals surface area contributed by atoms with Gasteiger partial charge in [0.05, 0.1) is 26.4 Å². The van der Waals surface area contributed by atoms with E-state index in [9.17, 15) is 43.2 Å². The SMILES string of the molecule is CC/C=C\C/C=C\C/C=C\C/C=C\CCCCCCCCC(=O)OCC(COP(=O)(O)OCC(O)COP(=O)(O)OCC(COC(=O)CCCCCCC/C=C\C/C=C\CCCCC)OC(=O)CCCCCCC/C=C\CCCCCC)OC(=O)CCCCCC/C=C\C/C=C\C/C=C\C/C=C\CC. The molecule has 0 aromatic rings. The fourth-order valence-corrected chi connectivity index (χ4v) is 12.0. The van der Waals surface area contributed by atoms with E-state index in [1.54, 1.807) is 0 Å². The highest BCUT2D eigenvalue weighted by molar-refractivity contribution is 7.47. The summed E-state index contributed by atoms with van der Waals surface area (Å²) < 4.78 is 68.6. The highest BCUT2D eigenvalue weighted by Gasteiger charge is 2.30. The molecule has 0 bridgehead atoms. The van der Waals surface area contributed by atoms with E-state index in [4.69, 9.17) is 37.0 Å². The number of carbonyl (C=O) groups excluding carboxylic acids is 4. The van der Waals surface area contributed by atoms with E-state index in [-0.39, 0.29) is 25.7 Å². The third-order valence-electron chi connectivity index (χ3n) is 16.6. The smallest absolute Gasteiger partial charge is 0.462 e. The van der Waals surface area contributed by atoms with Gasteiger partial charge < -0.3 is 33.8 Å². The van der Waals surface area contributed by atoms with Crippen molar-refractivity contribution in [2.24, 2.45) is 0 Å². The Labute approximate surface area is 631 Å². The Bertz CT molecular complexity index is 2490. The summed E-state index contributed by atoms with van der Waals surface area (Å²) >= 11 is 0. The van der Waals surface area contributed by atoms with Crippen LogP contribution in [-0.2, 0) is 65.4 Å². The molecule has 19 heteroatoms. The molecule has 0 saturated heterocycles. The first kappa shape index (κ1) is 99.2. The summed E-state index contributed by atoms with van der Waals surface area (Å²) in [6.07, 6.45) is 85.6. The number of rotatable bonds is 75. The molecule has 3 N–H and O–H groups in total. The summed E-state index contributed by atoms with van der Waals surface area (Å²) in [7, 11) is -9.98. The van der Waals surface area contributed by atoms with Gasteiger partial charge in [-0.3, -0.25) is 37.3 Å². The molecule has 0 saturated carbocycles.